The van der Waals surface area contributed by atoms with Crippen LogP contribution in [0.2, 0.25) is 0 Å². The van der Waals surface area contributed by atoms with Crippen molar-refractivity contribution in [3.8, 4) is 0 Å². The molecule has 0 bridgehead atoms. The van der Waals surface area contributed by atoms with E-state index in [1.807, 2.05) is 0 Å². The van der Waals surface area contributed by atoms with Crippen LogP contribution in [-0.4, -0.2) is 97.9 Å². The molecule has 24 heteroatoms. The van der Waals surface area contributed by atoms with Gasteiger partial charge in [0.1, 0.15) is 42.4 Å². The Hall–Kier alpha value is -2.72. The molecule has 2 fully saturated rings. The molecule has 236 valence electrons. The molecule has 44 heavy (non-hydrogen) atoms. The molecule has 20 nitrogen and oxygen atoms in total. The van der Waals surface area contributed by atoms with E-state index in [1.165, 1.54) is 28.1 Å². The van der Waals surface area contributed by atoms with Crippen molar-refractivity contribution in [3.63, 3.8) is 0 Å². The first-order valence-corrected chi connectivity index (χ1v) is 17.6. The van der Waals surface area contributed by atoms with E-state index in [-0.39, 0.29) is 47.1 Å². The highest BCUT2D eigenvalue weighted by Crippen LogP contribution is 2.51. The van der Waals surface area contributed by atoms with E-state index in [0.717, 1.165) is 0 Å². The first kappa shape index (κ1) is 31.3. The number of nitrogens with two attached hydrogens (primary N) is 2. The summed E-state index contributed by atoms with van der Waals surface area (Å²) in [4.78, 5) is 46.0. The van der Waals surface area contributed by atoms with Crippen LogP contribution in [0.3, 0.4) is 0 Å². The average Bonchev–Trinajstić information content (AvgIpc) is 3.73. The molecule has 2 aliphatic rings. The van der Waals surface area contributed by atoms with Gasteiger partial charge in [-0.3, -0.25) is 18.9 Å². The predicted octanol–water partition coefficient (Wildman–Crippen LogP) is -0.747. The third-order valence-electron chi connectivity index (χ3n) is 6.93. The van der Waals surface area contributed by atoms with Crippen LogP contribution in [0.1, 0.15) is 18.9 Å². The number of nitrogens with one attached hydrogen (secondary N) is 1. The van der Waals surface area contributed by atoms with Crippen molar-refractivity contribution >= 4 is 72.1 Å². The summed E-state index contributed by atoms with van der Waals surface area (Å²) in [5, 5.41) is 20.8. The number of aliphatic hydroxyl groups excluding tert-OH is 2. The number of hydrogen-bond donors (Lipinski definition) is 7. The average molecular weight is 692 g/mol. The minimum atomic E-state index is -4.10. The van der Waals surface area contributed by atoms with Crippen LogP contribution in [0.15, 0.2) is 23.8 Å². The Bertz CT molecular complexity index is 1820. The minimum absolute atomic E-state index is 0.0199. The molecule has 8 N–H and O–H groups in total. The molecular weight excluding hydrogens is 666 g/mol. The molecule has 4 aromatic rings. The Morgan fingerprint density at radius 3 is 2.61 bits per heavy atom. The van der Waals surface area contributed by atoms with Crippen molar-refractivity contribution in [3.05, 3.63) is 29.3 Å². The molecule has 0 spiro atoms. The topological polar surface area (TPSA) is 283 Å². The molecule has 0 aromatic carbocycles. The van der Waals surface area contributed by atoms with Crippen LogP contribution in [0, 0.1) is 0 Å². The van der Waals surface area contributed by atoms with Gasteiger partial charge in [0, 0.05) is 6.42 Å². The number of aromatic nitrogens is 8. The van der Waals surface area contributed by atoms with Crippen LogP contribution < -0.4 is 17.0 Å². The van der Waals surface area contributed by atoms with E-state index in [4.69, 9.17) is 46.3 Å². The van der Waals surface area contributed by atoms with Gasteiger partial charge in [0.15, 0.2) is 41.2 Å². The summed E-state index contributed by atoms with van der Waals surface area (Å²) in [6.45, 7) is -4.96. The molecule has 2 saturated heterocycles. The van der Waals surface area contributed by atoms with Gasteiger partial charge in [-0.15, -0.1) is 4.52 Å². The normalized spacial score (nSPS) is 29.0. The fourth-order valence-electron chi connectivity index (χ4n) is 5.05. The minimum Gasteiger partial charge on any atom is -0.394 e. The van der Waals surface area contributed by atoms with Gasteiger partial charge in [-0.25, -0.2) is 19.9 Å². The van der Waals surface area contributed by atoms with Gasteiger partial charge in [0.2, 0.25) is 5.95 Å². The van der Waals surface area contributed by atoms with Gasteiger partial charge in [-0.1, -0.05) is 0 Å². The number of ether oxygens (including phenoxy) is 2. The zero-order valence-electron chi connectivity index (χ0n) is 22.1. The van der Waals surface area contributed by atoms with Gasteiger partial charge >= 0.3 is 13.9 Å². The largest absolute Gasteiger partial charge is 0.582 e. The Labute approximate surface area is 257 Å². The third kappa shape index (κ3) is 5.96. The molecule has 0 aliphatic carbocycles. The Balaban J connectivity index is 1.20. The SMILES string of the molecule is Nc1nc2c(ncn2C2OC(CO)CC2OP(O)(=S)OCC2OC(n3cnc4c(N)ncnc43)C(O)C2O[P+](=O)S)c(=O)[nH]1. The maximum atomic E-state index is 12.2. The molecule has 6 heterocycles. The number of H-pyrrole nitrogens is 1. The van der Waals surface area contributed by atoms with Gasteiger partial charge in [-0.2, -0.15) is 4.98 Å². The van der Waals surface area contributed by atoms with Crippen molar-refractivity contribution in [1.29, 1.82) is 0 Å². The molecule has 2 aliphatic heterocycles. The maximum absolute atomic E-state index is 12.2. The molecule has 0 saturated carbocycles. The molecule has 6 rings (SSSR count). The van der Waals surface area contributed by atoms with Crippen molar-refractivity contribution < 1.29 is 42.7 Å². The van der Waals surface area contributed by atoms with Crippen LogP contribution in [-0.2, 0) is 39.4 Å². The van der Waals surface area contributed by atoms with Crippen LogP contribution in [0.4, 0.5) is 11.8 Å². The van der Waals surface area contributed by atoms with Crippen LogP contribution in [0.25, 0.3) is 22.3 Å². The van der Waals surface area contributed by atoms with E-state index >= 15 is 0 Å². The third-order valence-corrected chi connectivity index (χ3v) is 9.22. The first-order chi connectivity index (χ1) is 21.0. The van der Waals surface area contributed by atoms with Crippen molar-refractivity contribution in [2.24, 2.45) is 0 Å². The highest BCUT2D eigenvalue weighted by molar-refractivity contribution is 8.39. The fraction of sp³-hybridized carbons (Fsp3) is 0.500. The second kappa shape index (κ2) is 12.2. The number of aliphatic hydroxyl groups is 2. The number of imidazole rings is 2. The summed E-state index contributed by atoms with van der Waals surface area (Å²) in [6, 6.07) is 0. The second-order valence-corrected chi connectivity index (χ2v) is 14.2. The van der Waals surface area contributed by atoms with E-state index in [2.05, 4.69) is 42.2 Å². The first-order valence-electron chi connectivity index (χ1n) is 12.7. The lowest BCUT2D eigenvalue weighted by Crippen LogP contribution is -2.35. The highest BCUT2D eigenvalue weighted by Gasteiger charge is 2.51. The Kier molecular flexibility index (Phi) is 8.69. The van der Waals surface area contributed by atoms with E-state index in [1.54, 1.807) is 0 Å². The number of thiol groups is 1. The van der Waals surface area contributed by atoms with Crippen molar-refractivity contribution in [1.82, 2.24) is 39.0 Å². The smallest absolute Gasteiger partial charge is 0.394 e. The number of nitrogen functional groups attached to an aromatic ring is 2. The number of anilines is 2. The summed E-state index contributed by atoms with van der Waals surface area (Å²) in [5.41, 5.74) is 11.6. The lowest BCUT2D eigenvalue weighted by molar-refractivity contribution is -0.0563. The zero-order chi connectivity index (χ0) is 31.3. The van der Waals surface area contributed by atoms with E-state index in [9.17, 15) is 24.5 Å². The number of aromatic amines is 1. The molecule has 0 amide bonds. The van der Waals surface area contributed by atoms with E-state index < -0.39 is 69.1 Å². The second-order valence-electron chi connectivity index (χ2n) is 9.70. The molecule has 9 atom stereocenters. The lowest BCUT2D eigenvalue weighted by Gasteiger charge is -2.25. The highest BCUT2D eigenvalue weighted by atomic mass is 32.7. The summed E-state index contributed by atoms with van der Waals surface area (Å²) in [6.07, 6.45) is -3.80. The Morgan fingerprint density at radius 1 is 1.16 bits per heavy atom. The van der Waals surface area contributed by atoms with Gasteiger partial charge in [0.25, 0.3) is 5.56 Å². The molecule has 0 radical (unpaired) electrons. The summed E-state index contributed by atoms with van der Waals surface area (Å²) in [7, 11) is -2.50. The molecular formula is C20H25N10O10P2S2+. The van der Waals surface area contributed by atoms with Crippen LogP contribution >= 0.6 is 26.2 Å². The van der Waals surface area contributed by atoms with Gasteiger partial charge < -0.3 is 45.1 Å². The van der Waals surface area contributed by atoms with Crippen molar-refractivity contribution in [2.75, 3.05) is 24.7 Å². The van der Waals surface area contributed by atoms with Gasteiger partial charge in [-0.05, 0) is 16.4 Å². The van der Waals surface area contributed by atoms with Crippen LogP contribution in [0.5, 0.6) is 0 Å². The predicted molar refractivity (Wildman–Crippen MR) is 157 cm³/mol. The Morgan fingerprint density at radius 2 is 1.89 bits per heavy atom. The number of fused-ring (bicyclic) bond motifs is 2. The molecule has 9 unspecified atom stereocenters. The summed E-state index contributed by atoms with van der Waals surface area (Å²) >= 11 is 9.05. The van der Waals surface area contributed by atoms with Gasteiger partial charge in [0.05, 0.1) is 32.0 Å². The number of hydrogen-bond acceptors (Lipinski definition) is 17. The lowest BCUT2D eigenvalue weighted by atomic mass is 10.1. The maximum Gasteiger partial charge on any atom is 0.582 e. The standard InChI is InChI=1S/C20H24N10O10P2S2/c21-14-10-15(24-4-23-14)29(5-25-10)19-12(32)13(39-41(34)43)9(38-19)3-36-42(35,44)40-8-1-7(2-31)37-18(8)30-6-26-11-16(30)27-20(22)28-17(11)33/h4-9,12-13,18-19,31-32H,1-3H2,(H6-,21,22,23,24,27,28,33,34,35,43,44)/p+1. The quantitative estimate of drug-likeness (QED) is 0.0795. The zero-order valence-corrected chi connectivity index (χ0v) is 25.6. The summed E-state index contributed by atoms with van der Waals surface area (Å²) < 4.78 is 43.2. The number of rotatable bonds is 10. The van der Waals surface area contributed by atoms with E-state index in [0.29, 0.717) is 0 Å². The fourth-order valence-corrected chi connectivity index (χ4v) is 7.28. The summed E-state index contributed by atoms with van der Waals surface area (Å²) in [5.74, 6) is -0.0525. The van der Waals surface area contributed by atoms with Crippen molar-refractivity contribution in [2.45, 2.75) is 49.4 Å². The molecule has 4 aromatic heterocycles. The number of nitrogens with zero attached hydrogens (tertiary/aromatic N) is 7. The monoisotopic (exact) mass is 691 g/mol.